The highest BCUT2D eigenvalue weighted by molar-refractivity contribution is 14.1. The van der Waals surface area contributed by atoms with Crippen molar-refractivity contribution in [2.75, 3.05) is 0 Å². The fraction of sp³-hybridized carbons (Fsp3) is 0.300. The normalized spacial score (nSPS) is 10.6. The topological polar surface area (TPSA) is 43.6 Å². The number of aryl methyl sites for hydroxylation is 1. The smallest absolute Gasteiger partial charge is 0.126 e. The Morgan fingerprint density at radius 2 is 2.20 bits per heavy atom. The summed E-state index contributed by atoms with van der Waals surface area (Å²) in [5.41, 5.74) is 2.93. The summed E-state index contributed by atoms with van der Waals surface area (Å²) in [6, 6.07) is 0. The summed E-state index contributed by atoms with van der Waals surface area (Å²) < 4.78 is 3.13. The Kier molecular flexibility index (Phi) is 2.99. The fourth-order valence-electron chi connectivity index (χ4n) is 1.42. The van der Waals surface area contributed by atoms with Gasteiger partial charge in [0.25, 0.3) is 0 Å². The van der Waals surface area contributed by atoms with Crippen molar-refractivity contribution in [3.05, 3.63) is 27.9 Å². The van der Waals surface area contributed by atoms with Gasteiger partial charge in [0.2, 0.25) is 0 Å². The van der Waals surface area contributed by atoms with Gasteiger partial charge in [0, 0.05) is 24.6 Å². The third kappa shape index (κ3) is 1.88. The summed E-state index contributed by atoms with van der Waals surface area (Å²) >= 11 is 2.30. The first-order valence-corrected chi connectivity index (χ1v) is 5.81. The van der Waals surface area contributed by atoms with Crippen molar-refractivity contribution in [3.63, 3.8) is 0 Å². The van der Waals surface area contributed by atoms with E-state index in [0.717, 1.165) is 21.5 Å². The van der Waals surface area contributed by atoms with E-state index in [9.17, 15) is 0 Å². The maximum Gasteiger partial charge on any atom is 0.126 e. The third-order valence-electron chi connectivity index (χ3n) is 2.24. The predicted octanol–water partition coefficient (Wildman–Crippen LogP) is 2.27. The summed E-state index contributed by atoms with van der Waals surface area (Å²) in [4.78, 5) is 8.31. The fourth-order valence-corrected chi connectivity index (χ4v) is 2.08. The molecule has 0 fully saturated rings. The van der Waals surface area contributed by atoms with Gasteiger partial charge in [-0.25, -0.2) is 0 Å². The molecular formula is C10H11IN4. The van der Waals surface area contributed by atoms with Crippen LogP contribution in [0.3, 0.4) is 0 Å². The summed E-state index contributed by atoms with van der Waals surface area (Å²) in [6.45, 7) is 5.02. The quantitative estimate of drug-likeness (QED) is 0.799. The second-order valence-corrected chi connectivity index (χ2v) is 4.23. The Balaban J connectivity index is 2.55. The average Bonchev–Trinajstić information content (AvgIpc) is 2.57. The van der Waals surface area contributed by atoms with Crippen LogP contribution in [0.5, 0.6) is 0 Å². The molecular weight excluding hydrogens is 303 g/mol. The number of nitrogens with zero attached hydrogens (tertiary/aromatic N) is 4. The molecule has 0 aliphatic rings. The van der Waals surface area contributed by atoms with Crippen molar-refractivity contribution < 1.29 is 0 Å². The number of rotatable bonds is 2. The molecule has 2 aromatic rings. The van der Waals surface area contributed by atoms with Crippen LogP contribution in [-0.4, -0.2) is 19.7 Å². The number of hydrogen-bond donors (Lipinski definition) is 0. The first kappa shape index (κ1) is 10.5. The van der Waals surface area contributed by atoms with Crippen molar-refractivity contribution in [3.8, 4) is 11.4 Å². The minimum atomic E-state index is 0.831. The molecule has 0 radical (unpaired) electrons. The lowest BCUT2D eigenvalue weighted by Gasteiger charge is -1.96. The molecule has 0 bridgehead atoms. The first-order valence-electron chi connectivity index (χ1n) is 4.73. The van der Waals surface area contributed by atoms with E-state index in [2.05, 4.69) is 51.5 Å². The van der Waals surface area contributed by atoms with Gasteiger partial charge >= 0.3 is 0 Å². The zero-order valence-electron chi connectivity index (χ0n) is 8.61. The van der Waals surface area contributed by atoms with Crippen molar-refractivity contribution >= 4 is 22.6 Å². The molecule has 15 heavy (non-hydrogen) atoms. The zero-order valence-corrected chi connectivity index (χ0v) is 10.8. The van der Waals surface area contributed by atoms with Crippen molar-refractivity contribution in [2.45, 2.75) is 20.4 Å². The Morgan fingerprint density at radius 3 is 2.73 bits per heavy atom. The monoisotopic (exact) mass is 314 g/mol. The maximum absolute atomic E-state index is 4.50. The molecule has 2 aromatic heterocycles. The van der Waals surface area contributed by atoms with Gasteiger partial charge in [0.1, 0.15) is 11.4 Å². The lowest BCUT2D eigenvalue weighted by Crippen LogP contribution is -1.98. The van der Waals surface area contributed by atoms with Crippen LogP contribution in [0.4, 0.5) is 0 Å². The average molecular weight is 314 g/mol. The molecule has 0 unspecified atom stereocenters. The summed E-state index contributed by atoms with van der Waals surface area (Å²) in [6.07, 6.45) is 5.09. The second kappa shape index (κ2) is 4.26. The first-order chi connectivity index (χ1) is 7.24. The van der Waals surface area contributed by atoms with Crippen LogP contribution in [-0.2, 0) is 6.54 Å². The minimum Gasteiger partial charge on any atom is -0.268 e. The third-order valence-corrected chi connectivity index (χ3v) is 3.53. The van der Waals surface area contributed by atoms with E-state index in [-0.39, 0.29) is 0 Å². The minimum absolute atomic E-state index is 0.831. The van der Waals surface area contributed by atoms with Gasteiger partial charge in [-0.15, -0.1) is 0 Å². The van der Waals surface area contributed by atoms with E-state index >= 15 is 0 Å². The summed E-state index contributed by atoms with van der Waals surface area (Å²) in [5, 5.41) is 4.50. The molecule has 0 aromatic carbocycles. The molecule has 0 aliphatic carbocycles. The van der Waals surface area contributed by atoms with Gasteiger partial charge in [0.05, 0.1) is 9.77 Å². The van der Waals surface area contributed by atoms with E-state index < -0.39 is 0 Å². The molecule has 0 saturated carbocycles. The molecule has 0 aliphatic heterocycles. The summed E-state index contributed by atoms with van der Waals surface area (Å²) in [7, 11) is 0. The predicted molar refractivity (Wildman–Crippen MR) is 66.4 cm³/mol. The van der Waals surface area contributed by atoms with E-state index in [1.807, 2.05) is 4.68 Å². The highest BCUT2D eigenvalue weighted by Gasteiger charge is 2.13. The van der Waals surface area contributed by atoms with Crippen LogP contribution < -0.4 is 0 Å². The Bertz CT molecular complexity index is 464. The van der Waals surface area contributed by atoms with Crippen LogP contribution in [0.1, 0.15) is 12.6 Å². The lowest BCUT2D eigenvalue weighted by atomic mass is 10.3. The Hall–Kier alpha value is -0.980. The molecule has 0 amide bonds. The van der Waals surface area contributed by atoms with Crippen LogP contribution in [0, 0.1) is 10.5 Å². The lowest BCUT2D eigenvalue weighted by molar-refractivity contribution is 0.640. The highest BCUT2D eigenvalue weighted by Crippen LogP contribution is 2.24. The number of aromatic nitrogens is 4. The molecule has 5 heteroatoms. The zero-order chi connectivity index (χ0) is 10.8. The van der Waals surface area contributed by atoms with Crippen molar-refractivity contribution in [1.82, 2.24) is 19.7 Å². The molecule has 4 nitrogen and oxygen atoms in total. The van der Waals surface area contributed by atoms with Gasteiger partial charge in [-0.3, -0.25) is 14.6 Å². The van der Waals surface area contributed by atoms with Crippen molar-refractivity contribution in [1.29, 1.82) is 0 Å². The van der Waals surface area contributed by atoms with E-state index in [1.54, 1.807) is 18.6 Å². The molecule has 0 N–H and O–H groups in total. The maximum atomic E-state index is 4.50. The summed E-state index contributed by atoms with van der Waals surface area (Å²) in [5.74, 6) is 0. The van der Waals surface area contributed by atoms with Crippen LogP contribution >= 0.6 is 22.6 Å². The van der Waals surface area contributed by atoms with E-state index in [0.29, 0.717) is 0 Å². The van der Waals surface area contributed by atoms with Crippen molar-refractivity contribution in [2.24, 2.45) is 0 Å². The van der Waals surface area contributed by atoms with Crippen LogP contribution in [0.2, 0.25) is 0 Å². The van der Waals surface area contributed by atoms with Gasteiger partial charge in [-0.2, -0.15) is 5.10 Å². The molecule has 78 valence electrons. The SMILES string of the molecule is CCn1nc(-c2cnccn2)c(I)c1C. The van der Waals surface area contributed by atoms with E-state index in [4.69, 9.17) is 0 Å². The molecule has 0 saturated heterocycles. The second-order valence-electron chi connectivity index (χ2n) is 3.15. The van der Waals surface area contributed by atoms with Gasteiger partial charge in [-0.1, -0.05) is 0 Å². The Morgan fingerprint density at radius 1 is 1.40 bits per heavy atom. The van der Waals surface area contributed by atoms with Gasteiger partial charge in [-0.05, 0) is 36.4 Å². The Labute approximate surface area is 102 Å². The largest absolute Gasteiger partial charge is 0.268 e. The van der Waals surface area contributed by atoms with E-state index in [1.165, 1.54) is 5.69 Å². The molecule has 0 atom stereocenters. The molecule has 2 heterocycles. The standard InChI is InChI=1S/C10H11IN4/c1-3-15-7(2)9(11)10(14-15)8-6-12-4-5-13-8/h4-6H,3H2,1-2H3. The van der Waals surface area contributed by atoms with Crippen LogP contribution in [0.25, 0.3) is 11.4 Å². The molecule has 0 spiro atoms. The highest BCUT2D eigenvalue weighted by atomic mass is 127. The van der Waals surface area contributed by atoms with Gasteiger partial charge in [0.15, 0.2) is 0 Å². The van der Waals surface area contributed by atoms with Crippen LogP contribution in [0.15, 0.2) is 18.6 Å². The molecule has 2 rings (SSSR count). The number of halogens is 1. The van der Waals surface area contributed by atoms with Gasteiger partial charge < -0.3 is 0 Å². The number of hydrogen-bond acceptors (Lipinski definition) is 3.